The number of aliphatic hydroxyl groups excluding tert-OH is 1. The van der Waals surface area contributed by atoms with E-state index in [1.807, 2.05) is 30.3 Å². The largest absolute Gasteiger partial charge is 0.466 e. The first-order chi connectivity index (χ1) is 28.8. The number of methoxy groups -OCH3 is 1. The summed E-state index contributed by atoms with van der Waals surface area (Å²) in [5, 5.41) is 23.8. The molecular formula is C44H61ClO16. The molecule has 1 aromatic carbocycles. The van der Waals surface area contributed by atoms with E-state index in [0.29, 0.717) is 6.42 Å². The number of alkyl halides is 1. The van der Waals surface area contributed by atoms with E-state index in [2.05, 4.69) is 0 Å². The summed E-state index contributed by atoms with van der Waals surface area (Å²) >= 11 is 5.66. The zero-order chi connectivity index (χ0) is 45.0. The van der Waals surface area contributed by atoms with Gasteiger partial charge < -0.3 is 52.8 Å². The molecule has 0 aromatic heterocycles. The van der Waals surface area contributed by atoms with E-state index >= 15 is 0 Å². The molecule has 1 aromatic rings. The number of ether oxygens (including phenoxy) is 9. The predicted octanol–water partition coefficient (Wildman–Crippen LogP) is 4.77. The van der Waals surface area contributed by atoms with E-state index in [1.54, 1.807) is 53.7 Å². The molecule has 3 heterocycles. The molecule has 16 nitrogen and oxygen atoms in total. The summed E-state index contributed by atoms with van der Waals surface area (Å²) in [5.74, 6) is -6.51. The maximum atomic E-state index is 13.6. The fraction of sp³-hybridized carbons (Fsp3) is 0.659. The van der Waals surface area contributed by atoms with Gasteiger partial charge in [-0.1, -0.05) is 71.0 Å². The van der Waals surface area contributed by atoms with Crippen molar-refractivity contribution in [2.45, 2.75) is 148 Å². The van der Waals surface area contributed by atoms with Crippen molar-refractivity contribution in [2.24, 2.45) is 10.8 Å². The molecule has 0 radical (unpaired) electrons. The third kappa shape index (κ3) is 14.3. The van der Waals surface area contributed by atoms with E-state index in [0.717, 1.165) is 11.6 Å². The molecule has 340 valence electrons. The van der Waals surface area contributed by atoms with Gasteiger partial charge in [0.2, 0.25) is 5.79 Å². The molecule has 4 rings (SSSR count). The van der Waals surface area contributed by atoms with Crippen LogP contribution in [0, 0.1) is 10.8 Å². The molecule has 17 heteroatoms. The Labute approximate surface area is 362 Å². The van der Waals surface area contributed by atoms with Crippen LogP contribution in [-0.4, -0.2) is 121 Å². The summed E-state index contributed by atoms with van der Waals surface area (Å²) in [7, 11) is 1.19. The maximum Gasteiger partial charge on any atom is 0.330 e. The molecule has 9 atom stereocenters. The van der Waals surface area contributed by atoms with Crippen LogP contribution in [0.25, 0.3) is 0 Å². The van der Waals surface area contributed by atoms with Crippen molar-refractivity contribution >= 4 is 41.4 Å². The normalized spacial score (nSPS) is 30.3. The van der Waals surface area contributed by atoms with Crippen LogP contribution >= 0.6 is 11.6 Å². The highest BCUT2D eigenvalue weighted by Crippen LogP contribution is 2.47. The van der Waals surface area contributed by atoms with Gasteiger partial charge >= 0.3 is 29.8 Å². The number of rotatable bonds is 11. The first-order valence-corrected chi connectivity index (χ1v) is 21.1. The third-order valence-electron chi connectivity index (χ3n) is 11.0. The third-order valence-corrected chi connectivity index (χ3v) is 11.2. The number of cyclic esters (lactones) is 2. The Morgan fingerprint density at radius 3 is 2.36 bits per heavy atom. The van der Waals surface area contributed by atoms with Crippen LogP contribution in [0.4, 0.5) is 0 Å². The number of hydrogen-bond donors (Lipinski definition) is 2. The van der Waals surface area contributed by atoms with E-state index < -0.39 is 108 Å². The molecule has 3 aliphatic heterocycles. The topological polar surface area (TPSA) is 209 Å². The minimum Gasteiger partial charge on any atom is -0.466 e. The highest BCUT2D eigenvalue weighted by molar-refractivity contribution is 6.26. The molecule has 3 aliphatic rings. The molecule has 0 amide bonds. The highest BCUT2D eigenvalue weighted by Gasteiger charge is 2.58. The van der Waals surface area contributed by atoms with Crippen LogP contribution < -0.4 is 0 Å². The van der Waals surface area contributed by atoms with Crippen LogP contribution in [0.1, 0.15) is 92.1 Å². The van der Waals surface area contributed by atoms with Gasteiger partial charge in [0.15, 0.2) is 12.4 Å². The molecule has 2 N–H and O–H groups in total. The number of aliphatic hydroxyl groups is 2. The number of carbonyl (C=O) groups excluding carboxylic acids is 5. The SMILES string of the molecule is CCC(=O)O[C@H]1C(=CC(=O)OC)C[C@H]2C[C@H]([C@@H](C)OCc3ccccc3)OC(=O)C[C@H](O)CC(=O)O[C@H](C(C)(C)COC(=O)CCl)C[C@@H]3CCO[C@H](C=CC(C)(C)[C@]1(O)O2)O3. The Morgan fingerprint density at radius 1 is 1.02 bits per heavy atom. The summed E-state index contributed by atoms with van der Waals surface area (Å²) < 4.78 is 52.9. The van der Waals surface area contributed by atoms with E-state index in [1.165, 1.54) is 7.11 Å². The van der Waals surface area contributed by atoms with Gasteiger partial charge in [0, 0.05) is 36.2 Å². The van der Waals surface area contributed by atoms with Gasteiger partial charge in [-0.05, 0) is 37.0 Å². The van der Waals surface area contributed by atoms with Crippen LogP contribution in [0.15, 0.2) is 54.1 Å². The summed E-state index contributed by atoms with van der Waals surface area (Å²) in [6.07, 6.45) is -4.81. The summed E-state index contributed by atoms with van der Waals surface area (Å²) in [5.41, 5.74) is -1.35. The number of esters is 5. The van der Waals surface area contributed by atoms with Crippen LogP contribution in [-0.2, 0) is 73.2 Å². The Balaban J connectivity index is 1.79. The number of hydrogen-bond acceptors (Lipinski definition) is 16. The van der Waals surface area contributed by atoms with Crippen molar-refractivity contribution in [2.75, 3.05) is 26.2 Å². The second kappa shape index (κ2) is 22.5. The van der Waals surface area contributed by atoms with Crippen molar-refractivity contribution in [3.8, 4) is 0 Å². The number of halogens is 1. The van der Waals surface area contributed by atoms with E-state index in [4.69, 9.17) is 54.2 Å². The Kier molecular flexibility index (Phi) is 18.3. The summed E-state index contributed by atoms with van der Waals surface area (Å²) in [6, 6.07) is 9.30. The Morgan fingerprint density at radius 2 is 1.70 bits per heavy atom. The quantitative estimate of drug-likeness (QED) is 0.101. The van der Waals surface area contributed by atoms with Gasteiger partial charge in [-0.25, -0.2) is 4.79 Å². The predicted molar refractivity (Wildman–Crippen MR) is 217 cm³/mol. The molecule has 2 fully saturated rings. The second-order valence-electron chi connectivity index (χ2n) is 16.8. The molecular weight excluding hydrogens is 820 g/mol. The summed E-state index contributed by atoms with van der Waals surface area (Å²) in [6.45, 7) is 10.3. The van der Waals surface area contributed by atoms with Crippen molar-refractivity contribution in [1.29, 1.82) is 0 Å². The monoisotopic (exact) mass is 880 g/mol. The van der Waals surface area contributed by atoms with Crippen LogP contribution in [0.3, 0.4) is 0 Å². The lowest BCUT2D eigenvalue weighted by atomic mass is 9.74. The molecule has 0 saturated carbocycles. The first kappa shape index (κ1) is 49.8. The average molecular weight is 881 g/mol. The highest BCUT2D eigenvalue weighted by atomic mass is 35.5. The molecule has 0 unspecified atom stereocenters. The van der Waals surface area contributed by atoms with Crippen LogP contribution in [0.5, 0.6) is 0 Å². The minimum absolute atomic E-state index is 0.0503. The van der Waals surface area contributed by atoms with Gasteiger partial charge in [0.05, 0.1) is 64.2 Å². The summed E-state index contributed by atoms with van der Waals surface area (Å²) in [4.78, 5) is 64.7. The first-order valence-electron chi connectivity index (χ1n) is 20.6. The Bertz CT molecular complexity index is 1710. The van der Waals surface area contributed by atoms with Crippen molar-refractivity contribution in [1.82, 2.24) is 0 Å². The molecule has 0 spiro atoms. The standard InChI is InChI=1S/C44H61ClO16/c1-8-35(47)60-41-29(19-36(48)53-7)18-32-22-33(27(2)55-25-28-12-10-9-11-13-28)58-37(49)20-30(46)21-38(50)59-34(42(3,4)26-56-39(51)24-45)23-31-15-17-54-40(57-31)14-16-43(5,6)44(41,52)61-32/h9-14,16,19,27,30-34,40-41,46,52H,8,15,17-18,20-26H2,1-7H3/t27-,30+,31+,32+,33-,34+,40+,41+,44-/m1/s1. The fourth-order valence-electron chi connectivity index (χ4n) is 7.19. The lowest BCUT2D eigenvalue weighted by Gasteiger charge is -2.51. The van der Waals surface area contributed by atoms with Gasteiger partial charge in [-0.3, -0.25) is 19.2 Å². The van der Waals surface area contributed by atoms with E-state index in [-0.39, 0.29) is 57.0 Å². The number of fused-ring (bicyclic) bond motifs is 4. The van der Waals surface area contributed by atoms with E-state index in [9.17, 15) is 34.2 Å². The zero-order valence-corrected chi connectivity index (χ0v) is 36.8. The van der Waals surface area contributed by atoms with Crippen LogP contribution in [0.2, 0.25) is 0 Å². The number of carbonyl (C=O) groups is 5. The zero-order valence-electron chi connectivity index (χ0n) is 36.0. The smallest absolute Gasteiger partial charge is 0.330 e. The Hall–Kier alpha value is -3.90. The molecule has 4 bridgehead atoms. The lowest BCUT2D eigenvalue weighted by Crippen LogP contribution is -2.62. The van der Waals surface area contributed by atoms with Crippen molar-refractivity contribution in [3.63, 3.8) is 0 Å². The van der Waals surface area contributed by atoms with Gasteiger partial charge in [-0.15, -0.1) is 11.6 Å². The molecule has 2 saturated heterocycles. The van der Waals surface area contributed by atoms with Crippen molar-refractivity contribution in [3.05, 3.63) is 59.7 Å². The fourth-order valence-corrected chi connectivity index (χ4v) is 7.27. The van der Waals surface area contributed by atoms with Crippen molar-refractivity contribution < 1.29 is 76.8 Å². The van der Waals surface area contributed by atoms with Gasteiger partial charge in [0.25, 0.3) is 0 Å². The molecule has 61 heavy (non-hydrogen) atoms. The maximum absolute atomic E-state index is 13.6. The van der Waals surface area contributed by atoms with Gasteiger partial charge in [-0.2, -0.15) is 0 Å². The minimum atomic E-state index is -2.35. The average Bonchev–Trinajstić information content (AvgIpc) is 3.21. The lowest BCUT2D eigenvalue weighted by molar-refractivity contribution is -0.327. The molecule has 0 aliphatic carbocycles. The number of benzene rings is 1. The second-order valence-corrected chi connectivity index (χ2v) is 17.1. The van der Waals surface area contributed by atoms with Gasteiger partial charge in [0.1, 0.15) is 18.1 Å².